The molecule has 8 nitrogen and oxygen atoms in total. The molecule has 0 bridgehead atoms. The van der Waals surface area contributed by atoms with Crippen LogP contribution in [0.25, 0.3) is 0 Å². The molecule has 0 aromatic rings. The monoisotopic (exact) mass is 503 g/mol. The number of esters is 2. The third kappa shape index (κ3) is 9.74. The maximum atomic E-state index is 12.9. The molecule has 1 aliphatic rings. The van der Waals surface area contributed by atoms with Gasteiger partial charge in [-0.2, -0.15) is 11.8 Å². The van der Waals surface area contributed by atoms with Crippen LogP contribution in [0.1, 0.15) is 80.6 Å². The van der Waals surface area contributed by atoms with Crippen LogP contribution in [-0.4, -0.2) is 64.6 Å². The van der Waals surface area contributed by atoms with E-state index in [2.05, 4.69) is 19.2 Å². The van der Waals surface area contributed by atoms with E-state index in [1.54, 1.807) is 11.8 Å². The Morgan fingerprint density at radius 2 is 1.68 bits per heavy atom. The number of hydrogen-bond donors (Lipinski definition) is 3. The van der Waals surface area contributed by atoms with Crippen molar-refractivity contribution in [2.45, 2.75) is 98.2 Å². The Morgan fingerprint density at radius 1 is 1.06 bits per heavy atom. The van der Waals surface area contributed by atoms with Crippen LogP contribution in [0.5, 0.6) is 0 Å². The number of aliphatic hydroxyl groups excluding tert-OH is 1. The number of aliphatic hydroxyl groups is 2. The highest BCUT2D eigenvalue weighted by molar-refractivity contribution is 7.99. The first kappa shape index (κ1) is 30.7. The van der Waals surface area contributed by atoms with Crippen LogP contribution in [-0.2, 0) is 23.9 Å². The molecule has 0 heterocycles. The Balaban J connectivity index is 2.82. The Kier molecular flexibility index (Phi) is 12.4. The lowest BCUT2D eigenvalue weighted by atomic mass is 9.69. The van der Waals surface area contributed by atoms with Gasteiger partial charge in [0.1, 0.15) is 6.61 Å². The second-order valence-electron chi connectivity index (χ2n) is 11.0. The molecule has 9 heteroatoms. The molecule has 3 N–H and O–H groups in total. The number of carbonyl (C=O) groups is 3. The summed E-state index contributed by atoms with van der Waals surface area (Å²) < 4.78 is 11.0. The number of carbonyl (C=O) groups excluding carboxylic acids is 3. The van der Waals surface area contributed by atoms with Gasteiger partial charge >= 0.3 is 11.9 Å². The first-order valence-corrected chi connectivity index (χ1v) is 13.3. The summed E-state index contributed by atoms with van der Waals surface area (Å²) >= 11 is 1.65. The molecule has 1 amide bonds. The van der Waals surface area contributed by atoms with Gasteiger partial charge in [0.25, 0.3) is 0 Å². The van der Waals surface area contributed by atoms with Gasteiger partial charge in [-0.3, -0.25) is 14.4 Å². The molecule has 1 fully saturated rings. The third-order valence-electron chi connectivity index (χ3n) is 6.91. The van der Waals surface area contributed by atoms with E-state index in [0.717, 1.165) is 12.8 Å². The Morgan fingerprint density at radius 3 is 2.24 bits per heavy atom. The van der Waals surface area contributed by atoms with Crippen LogP contribution in [0, 0.1) is 22.7 Å². The molecule has 198 valence electrons. The van der Waals surface area contributed by atoms with Crippen molar-refractivity contribution in [3.8, 4) is 0 Å². The fourth-order valence-corrected chi connectivity index (χ4v) is 4.36. The van der Waals surface area contributed by atoms with Gasteiger partial charge in [-0.05, 0) is 23.5 Å². The SMILES string of the molecule is CC(C)SCCC(=O)OCC(CNC(=O)C(C)(C)C(C)(C)C)OC(=O)C1CCCCC1C(O)O. The molecule has 3 atom stereocenters. The van der Waals surface area contributed by atoms with E-state index in [9.17, 15) is 24.6 Å². The number of hydrogen-bond acceptors (Lipinski definition) is 8. The number of nitrogens with one attached hydrogen (secondary N) is 1. The number of thioether (sulfide) groups is 1. The molecule has 0 saturated heterocycles. The van der Waals surface area contributed by atoms with Gasteiger partial charge in [-0.25, -0.2) is 0 Å². The van der Waals surface area contributed by atoms with Crippen molar-refractivity contribution < 1.29 is 34.1 Å². The van der Waals surface area contributed by atoms with Crippen molar-refractivity contribution in [3.63, 3.8) is 0 Å². The predicted molar refractivity (Wildman–Crippen MR) is 133 cm³/mol. The lowest BCUT2D eigenvalue weighted by molar-refractivity contribution is -0.173. The number of ether oxygens (including phenoxy) is 2. The van der Waals surface area contributed by atoms with Crippen LogP contribution in [0.15, 0.2) is 0 Å². The second-order valence-corrected chi connectivity index (χ2v) is 12.6. The average Bonchev–Trinajstić information content (AvgIpc) is 2.74. The van der Waals surface area contributed by atoms with Gasteiger partial charge < -0.3 is 25.0 Å². The largest absolute Gasteiger partial charge is 0.462 e. The van der Waals surface area contributed by atoms with Crippen molar-refractivity contribution in [1.82, 2.24) is 5.32 Å². The molecule has 1 rings (SSSR count). The second kappa shape index (κ2) is 13.7. The minimum absolute atomic E-state index is 0.00280. The van der Waals surface area contributed by atoms with Crippen LogP contribution in [0.4, 0.5) is 0 Å². The molecule has 0 spiro atoms. The van der Waals surface area contributed by atoms with Crippen molar-refractivity contribution in [3.05, 3.63) is 0 Å². The highest BCUT2D eigenvalue weighted by Crippen LogP contribution is 2.38. The van der Waals surface area contributed by atoms with E-state index in [0.29, 0.717) is 23.8 Å². The summed E-state index contributed by atoms with van der Waals surface area (Å²) in [7, 11) is 0. The molecule has 0 aromatic carbocycles. The summed E-state index contributed by atoms with van der Waals surface area (Å²) in [5, 5.41) is 22.6. The first-order valence-electron chi connectivity index (χ1n) is 12.3. The van der Waals surface area contributed by atoms with Crippen molar-refractivity contribution >= 4 is 29.6 Å². The molecule has 0 aromatic heterocycles. The highest BCUT2D eigenvalue weighted by atomic mass is 32.2. The van der Waals surface area contributed by atoms with E-state index in [-0.39, 0.29) is 30.9 Å². The van der Waals surface area contributed by atoms with E-state index < -0.39 is 41.6 Å². The van der Waals surface area contributed by atoms with Gasteiger partial charge in [-0.15, -0.1) is 0 Å². The van der Waals surface area contributed by atoms with Gasteiger partial charge in [0.15, 0.2) is 12.4 Å². The minimum Gasteiger partial charge on any atom is -0.462 e. The highest BCUT2D eigenvalue weighted by Gasteiger charge is 2.40. The van der Waals surface area contributed by atoms with E-state index in [4.69, 9.17) is 9.47 Å². The lowest BCUT2D eigenvalue weighted by Gasteiger charge is -2.37. The average molecular weight is 504 g/mol. The molecule has 0 radical (unpaired) electrons. The Labute approximate surface area is 208 Å². The summed E-state index contributed by atoms with van der Waals surface area (Å²) in [4.78, 5) is 37.9. The lowest BCUT2D eigenvalue weighted by Crippen LogP contribution is -2.48. The van der Waals surface area contributed by atoms with Crippen molar-refractivity contribution in [1.29, 1.82) is 0 Å². The van der Waals surface area contributed by atoms with Crippen molar-refractivity contribution in [2.75, 3.05) is 18.9 Å². The Bertz CT molecular complexity index is 673. The van der Waals surface area contributed by atoms with E-state index in [1.807, 2.05) is 34.6 Å². The molecule has 1 aliphatic carbocycles. The quantitative estimate of drug-likeness (QED) is 0.274. The zero-order chi connectivity index (χ0) is 26.1. The van der Waals surface area contributed by atoms with Gasteiger partial charge in [0, 0.05) is 17.1 Å². The Hall–Kier alpha value is -1.32. The summed E-state index contributed by atoms with van der Waals surface area (Å²) in [5.74, 6) is -1.74. The normalized spacial score (nSPS) is 20.2. The van der Waals surface area contributed by atoms with Crippen LogP contribution >= 0.6 is 11.8 Å². The fourth-order valence-electron chi connectivity index (χ4n) is 3.60. The molecular formula is C25H45NO7S. The maximum absolute atomic E-state index is 12.9. The van der Waals surface area contributed by atoms with E-state index in [1.165, 1.54) is 0 Å². The van der Waals surface area contributed by atoms with Gasteiger partial charge in [0.2, 0.25) is 5.91 Å². The third-order valence-corrected chi connectivity index (χ3v) is 8.01. The number of amides is 1. The van der Waals surface area contributed by atoms with Gasteiger partial charge in [-0.1, -0.05) is 61.3 Å². The fraction of sp³-hybridized carbons (Fsp3) is 0.880. The maximum Gasteiger partial charge on any atom is 0.309 e. The summed E-state index contributed by atoms with van der Waals surface area (Å²) in [6.45, 7) is 13.6. The zero-order valence-corrected chi connectivity index (χ0v) is 22.7. The molecule has 1 saturated carbocycles. The van der Waals surface area contributed by atoms with Crippen molar-refractivity contribution in [2.24, 2.45) is 22.7 Å². The van der Waals surface area contributed by atoms with Crippen LogP contribution < -0.4 is 5.32 Å². The van der Waals surface area contributed by atoms with Crippen LogP contribution in [0.2, 0.25) is 0 Å². The summed E-state index contributed by atoms with van der Waals surface area (Å²) in [6.07, 6.45) is 0.428. The smallest absolute Gasteiger partial charge is 0.309 e. The molecular weight excluding hydrogens is 458 g/mol. The van der Waals surface area contributed by atoms with Crippen LogP contribution in [0.3, 0.4) is 0 Å². The van der Waals surface area contributed by atoms with E-state index >= 15 is 0 Å². The first-order chi connectivity index (χ1) is 15.7. The molecule has 34 heavy (non-hydrogen) atoms. The molecule has 0 aliphatic heterocycles. The summed E-state index contributed by atoms with van der Waals surface area (Å²) in [5.41, 5.74) is -0.974. The number of rotatable bonds is 12. The predicted octanol–water partition coefficient (Wildman–Crippen LogP) is 3.28. The minimum atomic E-state index is -1.60. The zero-order valence-electron chi connectivity index (χ0n) is 21.9. The van der Waals surface area contributed by atoms with Gasteiger partial charge in [0.05, 0.1) is 18.9 Å². The molecule has 3 unspecified atom stereocenters. The topological polar surface area (TPSA) is 122 Å². The summed E-state index contributed by atoms with van der Waals surface area (Å²) in [6, 6.07) is 0. The standard InChI is InChI=1S/C25H45NO7S/c1-16(2)34-13-12-20(27)32-15-17(14-26-23(31)25(6,7)24(3,4)5)33-22(30)19-11-9-8-10-18(19)21(28)29/h16-19,21,28-29H,8-15H2,1-7H3,(H,26,31).